The molecule has 0 spiro atoms. The van der Waals surface area contributed by atoms with Crippen LogP contribution >= 0.6 is 0 Å². The molecule has 1 aliphatic heterocycles. The van der Waals surface area contributed by atoms with Gasteiger partial charge in [0, 0.05) is 41.7 Å². The molecule has 2 heterocycles. The van der Waals surface area contributed by atoms with Crippen LogP contribution in [-0.4, -0.2) is 29.1 Å². The SMILES string of the molecule is CCCCOC(=O)C1C(C)=NC2=C(C(=O)CC(C)(C)C2)[C@@H]1c1ccncc1. The largest absolute Gasteiger partial charge is 0.465 e. The Morgan fingerprint density at radius 1 is 1.26 bits per heavy atom. The van der Waals surface area contributed by atoms with Crippen LogP contribution in [0.15, 0.2) is 40.8 Å². The van der Waals surface area contributed by atoms with E-state index in [0.717, 1.165) is 36.2 Å². The Morgan fingerprint density at radius 2 is 1.96 bits per heavy atom. The van der Waals surface area contributed by atoms with E-state index in [0.29, 0.717) is 18.6 Å². The van der Waals surface area contributed by atoms with Crippen molar-refractivity contribution in [3.8, 4) is 0 Å². The summed E-state index contributed by atoms with van der Waals surface area (Å²) < 4.78 is 5.53. The van der Waals surface area contributed by atoms with E-state index in [9.17, 15) is 9.59 Å². The third kappa shape index (κ3) is 4.02. The minimum atomic E-state index is -0.562. The lowest BCUT2D eigenvalue weighted by atomic mass is 9.67. The van der Waals surface area contributed by atoms with Gasteiger partial charge < -0.3 is 4.74 Å². The molecule has 0 saturated heterocycles. The van der Waals surface area contributed by atoms with Gasteiger partial charge in [-0.1, -0.05) is 27.2 Å². The number of aliphatic imine (C=N–C) groups is 1. The lowest BCUT2D eigenvalue weighted by molar-refractivity contribution is -0.146. The van der Waals surface area contributed by atoms with Crippen molar-refractivity contribution in [2.75, 3.05) is 6.61 Å². The summed E-state index contributed by atoms with van der Waals surface area (Å²) in [5.41, 5.74) is 3.04. The first-order chi connectivity index (χ1) is 12.8. The average molecular weight is 368 g/mol. The van der Waals surface area contributed by atoms with E-state index >= 15 is 0 Å². The average Bonchev–Trinajstić information content (AvgIpc) is 2.60. The van der Waals surface area contributed by atoms with E-state index < -0.39 is 5.92 Å². The number of ketones is 1. The number of unbranched alkanes of at least 4 members (excludes halogenated alkanes) is 1. The van der Waals surface area contributed by atoms with E-state index in [1.807, 2.05) is 19.1 Å². The Morgan fingerprint density at radius 3 is 2.63 bits per heavy atom. The fourth-order valence-corrected chi connectivity index (χ4v) is 4.09. The van der Waals surface area contributed by atoms with Gasteiger partial charge in [0.2, 0.25) is 0 Å². The van der Waals surface area contributed by atoms with Gasteiger partial charge in [-0.15, -0.1) is 0 Å². The summed E-state index contributed by atoms with van der Waals surface area (Å²) in [6.07, 6.45) is 6.40. The highest BCUT2D eigenvalue weighted by Gasteiger charge is 2.45. The van der Waals surface area contributed by atoms with E-state index in [2.05, 4.69) is 25.8 Å². The molecular formula is C22H28N2O3. The second kappa shape index (κ2) is 7.75. The molecule has 0 amide bonds. The Balaban J connectivity index is 2.05. The first-order valence-electron chi connectivity index (χ1n) is 9.72. The van der Waals surface area contributed by atoms with E-state index in [-0.39, 0.29) is 23.1 Å². The molecule has 0 radical (unpaired) electrons. The highest BCUT2D eigenvalue weighted by atomic mass is 16.5. The van der Waals surface area contributed by atoms with Gasteiger partial charge in [-0.25, -0.2) is 0 Å². The molecule has 5 nitrogen and oxygen atoms in total. The lowest BCUT2D eigenvalue weighted by Crippen LogP contribution is -2.39. The number of ether oxygens (including phenoxy) is 1. The monoisotopic (exact) mass is 368 g/mol. The number of pyridine rings is 1. The Kier molecular flexibility index (Phi) is 5.59. The van der Waals surface area contributed by atoms with Gasteiger partial charge in [-0.05, 0) is 42.9 Å². The molecule has 5 heteroatoms. The van der Waals surface area contributed by atoms with Crippen LogP contribution in [0.25, 0.3) is 0 Å². The van der Waals surface area contributed by atoms with Crippen molar-refractivity contribution in [2.45, 2.75) is 59.3 Å². The summed E-state index contributed by atoms with van der Waals surface area (Å²) in [6, 6.07) is 3.76. The number of hydrogen-bond acceptors (Lipinski definition) is 5. The summed E-state index contributed by atoms with van der Waals surface area (Å²) in [5.74, 6) is -1.12. The maximum Gasteiger partial charge on any atom is 0.315 e. The van der Waals surface area contributed by atoms with Crippen LogP contribution in [-0.2, 0) is 14.3 Å². The van der Waals surface area contributed by atoms with Crippen molar-refractivity contribution in [1.29, 1.82) is 0 Å². The molecule has 1 aromatic rings. The van der Waals surface area contributed by atoms with Crippen molar-refractivity contribution in [3.63, 3.8) is 0 Å². The number of allylic oxidation sites excluding steroid dienone is 2. The predicted molar refractivity (Wildman–Crippen MR) is 104 cm³/mol. The van der Waals surface area contributed by atoms with Crippen molar-refractivity contribution in [2.24, 2.45) is 16.3 Å². The quantitative estimate of drug-likeness (QED) is 0.576. The number of Topliss-reactive ketones (excluding diaryl/α,β-unsaturated/α-hetero) is 1. The van der Waals surface area contributed by atoms with Gasteiger partial charge in [0.1, 0.15) is 5.92 Å². The number of carbonyl (C=O) groups excluding carboxylic acids is 2. The zero-order chi connectivity index (χ0) is 19.6. The minimum absolute atomic E-state index is 0.0886. The van der Waals surface area contributed by atoms with Crippen molar-refractivity contribution in [1.82, 2.24) is 4.98 Å². The number of carbonyl (C=O) groups is 2. The molecule has 1 unspecified atom stereocenters. The molecule has 0 bridgehead atoms. The Bertz CT molecular complexity index is 793. The van der Waals surface area contributed by atoms with Gasteiger partial charge >= 0.3 is 5.97 Å². The van der Waals surface area contributed by atoms with Gasteiger partial charge in [-0.2, -0.15) is 0 Å². The second-order valence-electron chi connectivity index (χ2n) is 8.31. The van der Waals surface area contributed by atoms with Crippen molar-refractivity contribution >= 4 is 17.5 Å². The summed E-state index contributed by atoms with van der Waals surface area (Å²) in [6.45, 7) is 8.50. The fourth-order valence-electron chi connectivity index (χ4n) is 4.09. The number of hydrogen-bond donors (Lipinski definition) is 0. The van der Waals surface area contributed by atoms with E-state index in [1.54, 1.807) is 12.4 Å². The second-order valence-corrected chi connectivity index (χ2v) is 8.31. The molecule has 0 saturated carbocycles. The molecular weight excluding hydrogens is 340 g/mol. The van der Waals surface area contributed by atoms with Crippen LogP contribution in [0.4, 0.5) is 0 Å². The lowest BCUT2D eigenvalue weighted by Gasteiger charge is -2.38. The maximum atomic E-state index is 13.1. The van der Waals surface area contributed by atoms with Crippen LogP contribution in [0.2, 0.25) is 0 Å². The van der Waals surface area contributed by atoms with Crippen LogP contribution in [0, 0.1) is 11.3 Å². The van der Waals surface area contributed by atoms with E-state index in [4.69, 9.17) is 9.73 Å². The molecule has 0 fully saturated rings. The third-order valence-corrected chi connectivity index (χ3v) is 5.36. The maximum absolute atomic E-state index is 13.1. The standard InChI is InChI=1S/C22H28N2O3/c1-5-6-11-27-21(26)18-14(2)24-16-12-22(3,4)13-17(25)20(16)19(18)15-7-9-23-10-8-15/h7-10,18-19H,5-6,11-13H2,1-4H3/t18?,19-/m1/s1. The van der Waals surface area contributed by atoms with Gasteiger partial charge in [-0.3, -0.25) is 19.6 Å². The molecule has 2 aliphatic rings. The summed E-state index contributed by atoms with van der Waals surface area (Å²) >= 11 is 0. The normalized spacial score (nSPS) is 24.3. The van der Waals surface area contributed by atoms with Crippen LogP contribution in [0.3, 0.4) is 0 Å². The van der Waals surface area contributed by atoms with Gasteiger partial charge in [0.15, 0.2) is 5.78 Å². The molecule has 1 aliphatic carbocycles. The summed E-state index contributed by atoms with van der Waals surface area (Å²) in [5, 5.41) is 0. The van der Waals surface area contributed by atoms with Gasteiger partial charge in [0.05, 0.1) is 6.61 Å². The first kappa shape index (κ1) is 19.5. The Hall–Kier alpha value is -2.30. The minimum Gasteiger partial charge on any atom is -0.465 e. The molecule has 0 N–H and O–H groups in total. The molecule has 1 aromatic heterocycles. The molecule has 2 atom stereocenters. The summed E-state index contributed by atoms with van der Waals surface area (Å²) in [7, 11) is 0. The molecule has 3 rings (SSSR count). The first-order valence-corrected chi connectivity index (χ1v) is 9.72. The number of rotatable bonds is 5. The predicted octanol–water partition coefficient (Wildman–Crippen LogP) is 4.24. The Labute approximate surface area is 160 Å². The molecule has 27 heavy (non-hydrogen) atoms. The summed E-state index contributed by atoms with van der Waals surface area (Å²) in [4.78, 5) is 34.8. The molecule has 144 valence electrons. The highest BCUT2D eigenvalue weighted by Crippen LogP contribution is 2.47. The zero-order valence-electron chi connectivity index (χ0n) is 16.6. The topological polar surface area (TPSA) is 68.6 Å². The van der Waals surface area contributed by atoms with Crippen LogP contribution < -0.4 is 0 Å². The van der Waals surface area contributed by atoms with Crippen molar-refractivity contribution in [3.05, 3.63) is 41.4 Å². The molecule has 0 aromatic carbocycles. The highest BCUT2D eigenvalue weighted by molar-refractivity contribution is 6.09. The van der Waals surface area contributed by atoms with Crippen molar-refractivity contribution < 1.29 is 14.3 Å². The number of nitrogens with zero attached hydrogens (tertiary/aromatic N) is 2. The van der Waals surface area contributed by atoms with Crippen LogP contribution in [0.1, 0.15) is 64.9 Å². The van der Waals surface area contributed by atoms with E-state index in [1.165, 1.54) is 0 Å². The number of aromatic nitrogens is 1. The van der Waals surface area contributed by atoms with Crippen LogP contribution in [0.5, 0.6) is 0 Å². The smallest absolute Gasteiger partial charge is 0.315 e. The van der Waals surface area contributed by atoms with Gasteiger partial charge in [0.25, 0.3) is 0 Å². The number of esters is 1. The zero-order valence-corrected chi connectivity index (χ0v) is 16.6. The third-order valence-electron chi connectivity index (χ3n) is 5.36. The fraction of sp³-hybridized carbons (Fsp3) is 0.545.